The molecular formula is C20H41N3O2. The van der Waals surface area contributed by atoms with Crippen molar-refractivity contribution in [3.63, 3.8) is 0 Å². The lowest BCUT2D eigenvalue weighted by Gasteiger charge is -2.39. The van der Waals surface area contributed by atoms with E-state index in [1.165, 1.54) is 0 Å². The van der Waals surface area contributed by atoms with Crippen LogP contribution in [-0.4, -0.2) is 49.9 Å². The number of nitrogens with zero attached hydrogens (tertiary/aromatic N) is 1. The van der Waals surface area contributed by atoms with Gasteiger partial charge in [-0.15, -0.1) is 0 Å². The quantitative estimate of drug-likeness (QED) is 0.599. The molecule has 5 heteroatoms. The van der Waals surface area contributed by atoms with Gasteiger partial charge in [-0.25, -0.2) is 0 Å². The fraction of sp³-hybridized carbons (Fsp3) is 0.900. The Hall–Kier alpha value is -1.10. The van der Waals surface area contributed by atoms with Gasteiger partial charge in [0.25, 0.3) is 0 Å². The maximum Gasteiger partial charge on any atom is 0.226 e. The molecule has 0 heterocycles. The lowest BCUT2D eigenvalue weighted by molar-refractivity contribution is -0.135. The Morgan fingerprint density at radius 2 is 1.24 bits per heavy atom. The zero-order valence-electron chi connectivity index (χ0n) is 18.0. The first-order chi connectivity index (χ1) is 11.3. The summed E-state index contributed by atoms with van der Waals surface area (Å²) in [5, 5.41) is 6.05. The molecule has 148 valence electrons. The van der Waals surface area contributed by atoms with E-state index in [-0.39, 0.29) is 22.6 Å². The number of amides is 2. The predicted octanol–water partition coefficient (Wildman–Crippen LogP) is 3.05. The zero-order chi connectivity index (χ0) is 19.9. The molecule has 0 rings (SSSR count). The molecule has 2 N–H and O–H groups in total. The minimum atomic E-state index is -0.403. The molecule has 2 amide bonds. The second kappa shape index (κ2) is 9.56. The molecule has 0 bridgehead atoms. The van der Waals surface area contributed by atoms with Crippen LogP contribution in [0.1, 0.15) is 68.2 Å². The highest BCUT2D eigenvalue weighted by molar-refractivity contribution is 5.82. The number of carbonyl (C=O) groups excluding carboxylic acids is 2. The number of carbonyl (C=O) groups is 2. The molecule has 0 aliphatic heterocycles. The average molecular weight is 356 g/mol. The normalized spacial score (nSPS) is 13.0. The Kier molecular flexibility index (Phi) is 9.14. The lowest BCUT2D eigenvalue weighted by atomic mass is 9.66. The molecule has 0 fully saturated rings. The Morgan fingerprint density at radius 3 is 1.64 bits per heavy atom. The summed E-state index contributed by atoms with van der Waals surface area (Å²) in [6.45, 7) is 19.1. The molecule has 0 saturated heterocycles. The van der Waals surface area contributed by atoms with Gasteiger partial charge < -0.3 is 15.5 Å². The molecule has 0 unspecified atom stereocenters. The van der Waals surface area contributed by atoms with Crippen LogP contribution in [0.5, 0.6) is 0 Å². The minimum Gasteiger partial charge on any atom is -0.354 e. The molecule has 0 aliphatic carbocycles. The van der Waals surface area contributed by atoms with E-state index in [9.17, 15) is 9.59 Å². The molecule has 0 radical (unpaired) electrons. The van der Waals surface area contributed by atoms with Crippen LogP contribution in [0.25, 0.3) is 0 Å². The summed E-state index contributed by atoms with van der Waals surface area (Å²) in [7, 11) is 2.00. The lowest BCUT2D eigenvalue weighted by Crippen LogP contribution is -2.48. The molecule has 0 aromatic rings. The third-order valence-electron chi connectivity index (χ3n) is 6.20. The van der Waals surface area contributed by atoms with E-state index >= 15 is 0 Å². The predicted molar refractivity (Wildman–Crippen MR) is 105 cm³/mol. The molecule has 0 aliphatic rings. The molecular weight excluding hydrogens is 314 g/mol. The summed E-state index contributed by atoms with van der Waals surface area (Å²) in [6, 6.07) is 0. The van der Waals surface area contributed by atoms with E-state index in [1.54, 1.807) is 0 Å². The standard InChI is InChI=1S/C20H41N3O2/c1-10-18(3,4)16(24)21-12-14-23(9)15-13-22-17(25)20(7,8)19(5,6)11-2/h10-15H2,1-9H3,(H,21,24)(H,22,25). The van der Waals surface area contributed by atoms with Crippen molar-refractivity contribution in [2.75, 3.05) is 33.2 Å². The van der Waals surface area contributed by atoms with E-state index < -0.39 is 5.41 Å². The Labute approximate surface area is 155 Å². The van der Waals surface area contributed by atoms with Gasteiger partial charge >= 0.3 is 0 Å². The van der Waals surface area contributed by atoms with E-state index in [0.29, 0.717) is 13.1 Å². The van der Waals surface area contributed by atoms with Gasteiger partial charge in [0, 0.05) is 37.0 Å². The van der Waals surface area contributed by atoms with Crippen molar-refractivity contribution < 1.29 is 9.59 Å². The third kappa shape index (κ3) is 6.96. The highest BCUT2D eigenvalue weighted by atomic mass is 16.2. The summed E-state index contributed by atoms with van der Waals surface area (Å²) in [5.74, 6) is 0.200. The Morgan fingerprint density at radius 1 is 0.800 bits per heavy atom. The smallest absolute Gasteiger partial charge is 0.226 e. The summed E-state index contributed by atoms with van der Waals surface area (Å²) in [4.78, 5) is 26.7. The fourth-order valence-corrected chi connectivity index (χ4v) is 2.20. The first-order valence-corrected chi connectivity index (χ1v) is 9.57. The number of hydrogen-bond acceptors (Lipinski definition) is 3. The van der Waals surface area contributed by atoms with Crippen molar-refractivity contribution in [3.8, 4) is 0 Å². The first kappa shape index (κ1) is 23.9. The maximum atomic E-state index is 12.5. The molecule has 5 nitrogen and oxygen atoms in total. The highest BCUT2D eigenvalue weighted by Crippen LogP contribution is 2.41. The third-order valence-corrected chi connectivity index (χ3v) is 6.20. The highest BCUT2D eigenvalue weighted by Gasteiger charge is 2.41. The van der Waals surface area contributed by atoms with Crippen molar-refractivity contribution in [1.82, 2.24) is 15.5 Å². The summed E-state index contributed by atoms with van der Waals surface area (Å²) in [6.07, 6.45) is 1.78. The van der Waals surface area contributed by atoms with Gasteiger partial charge in [-0.2, -0.15) is 0 Å². The van der Waals surface area contributed by atoms with Crippen LogP contribution in [-0.2, 0) is 9.59 Å². The Balaban J connectivity index is 4.18. The first-order valence-electron chi connectivity index (χ1n) is 9.57. The second-order valence-corrected chi connectivity index (χ2v) is 8.91. The van der Waals surface area contributed by atoms with Gasteiger partial charge in [0.05, 0.1) is 0 Å². The number of nitrogens with one attached hydrogen (secondary N) is 2. The van der Waals surface area contributed by atoms with E-state index in [2.05, 4.69) is 36.3 Å². The van der Waals surface area contributed by atoms with Crippen LogP contribution < -0.4 is 10.6 Å². The SMILES string of the molecule is CCC(C)(C)C(=O)NCCN(C)CCNC(=O)C(C)(C)C(C)(C)CC. The summed E-state index contributed by atoms with van der Waals surface area (Å²) < 4.78 is 0. The van der Waals surface area contributed by atoms with Gasteiger partial charge in [-0.3, -0.25) is 9.59 Å². The van der Waals surface area contributed by atoms with Crippen molar-refractivity contribution in [1.29, 1.82) is 0 Å². The van der Waals surface area contributed by atoms with Gasteiger partial charge in [-0.05, 0) is 25.3 Å². The van der Waals surface area contributed by atoms with Crippen LogP contribution >= 0.6 is 0 Å². The molecule has 25 heavy (non-hydrogen) atoms. The second-order valence-electron chi connectivity index (χ2n) is 8.91. The van der Waals surface area contributed by atoms with Crippen molar-refractivity contribution in [3.05, 3.63) is 0 Å². The monoisotopic (exact) mass is 355 g/mol. The fourth-order valence-electron chi connectivity index (χ4n) is 2.20. The van der Waals surface area contributed by atoms with Gasteiger partial charge in [0.1, 0.15) is 0 Å². The number of likely N-dealkylation sites (N-methyl/N-ethyl adjacent to an activating group) is 1. The summed E-state index contributed by atoms with van der Waals surface area (Å²) >= 11 is 0. The molecule has 0 aromatic heterocycles. The van der Waals surface area contributed by atoms with Crippen molar-refractivity contribution in [2.24, 2.45) is 16.2 Å². The number of rotatable bonds is 11. The molecule has 0 spiro atoms. The molecule has 0 atom stereocenters. The molecule has 0 aromatic carbocycles. The van der Waals surface area contributed by atoms with Gasteiger partial charge in [-0.1, -0.05) is 55.4 Å². The topological polar surface area (TPSA) is 61.4 Å². The van der Waals surface area contributed by atoms with Crippen LogP contribution in [0.3, 0.4) is 0 Å². The van der Waals surface area contributed by atoms with Crippen LogP contribution in [0.2, 0.25) is 0 Å². The van der Waals surface area contributed by atoms with Gasteiger partial charge in [0.2, 0.25) is 11.8 Å². The zero-order valence-corrected chi connectivity index (χ0v) is 18.0. The minimum absolute atomic E-state index is 0.0423. The largest absolute Gasteiger partial charge is 0.354 e. The average Bonchev–Trinajstić information content (AvgIpc) is 2.54. The van der Waals surface area contributed by atoms with Crippen molar-refractivity contribution >= 4 is 11.8 Å². The van der Waals surface area contributed by atoms with Crippen LogP contribution in [0.15, 0.2) is 0 Å². The van der Waals surface area contributed by atoms with Crippen molar-refractivity contribution in [2.45, 2.75) is 68.2 Å². The number of hydrogen-bond donors (Lipinski definition) is 2. The van der Waals surface area contributed by atoms with Crippen LogP contribution in [0.4, 0.5) is 0 Å². The summed E-state index contributed by atoms with van der Waals surface area (Å²) in [5.41, 5.74) is -0.760. The van der Waals surface area contributed by atoms with Crippen LogP contribution in [0, 0.1) is 16.2 Å². The molecule has 0 saturated carbocycles. The van der Waals surface area contributed by atoms with E-state index in [4.69, 9.17) is 0 Å². The van der Waals surface area contributed by atoms with Gasteiger partial charge in [0.15, 0.2) is 0 Å². The Bertz CT molecular complexity index is 442. The maximum absolute atomic E-state index is 12.5. The van der Waals surface area contributed by atoms with E-state index in [1.807, 2.05) is 41.7 Å². The van der Waals surface area contributed by atoms with E-state index in [0.717, 1.165) is 25.9 Å².